The molecule has 256 valence electrons. The lowest BCUT2D eigenvalue weighted by Crippen LogP contribution is -2.25. The largest absolute Gasteiger partial charge is 0.208 e. The van der Waals surface area contributed by atoms with Crippen molar-refractivity contribution in [2.45, 2.75) is 5.41 Å². The SMILES string of the molecule is c1ccc(-c2ccc(-c3nc(-c4cccc(-c5ccccc5)c4)nc(-c4cccc5c4-c4ccccc4C54c5ccccc5-c5ccccc54)n3)cc2)cc1. The van der Waals surface area contributed by atoms with Crippen LogP contribution in [0.2, 0.25) is 0 Å². The highest BCUT2D eigenvalue weighted by Crippen LogP contribution is 2.63. The summed E-state index contributed by atoms with van der Waals surface area (Å²) in [6.07, 6.45) is 0. The normalized spacial score (nSPS) is 12.9. The maximum absolute atomic E-state index is 5.33. The van der Waals surface area contributed by atoms with Crippen molar-refractivity contribution in [2.24, 2.45) is 0 Å². The Kier molecular flexibility index (Phi) is 7.08. The number of hydrogen-bond donors (Lipinski definition) is 0. The molecule has 2 aliphatic rings. The fraction of sp³-hybridized carbons (Fsp3) is 0.0192. The monoisotopic (exact) mass is 699 g/mol. The molecule has 11 rings (SSSR count). The highest BCUT2D eigenvalue weighted by molar-refractivity contribution is 5.99. The van der Waals surface area contributed by atoms with Crippen LogP contribution < -0.4 is 0 Å². The van der Waals surface area contributed by atoms with Gasteiger partial charge in [0, 0.05) is 16.7 Å². The predicted octanol–water partition coefficient (Wildman–Crippen LogP) is 12.6. The predicted molar refractivity (Wildman–Crippen MR) is 223 cm³/mol. The fourth-order valence-corrected chi connectivity index (χ4v) is 9.00. The van der Waals surface area contributed by atoms with Crippen LogP contribution in [0.3, 0.4) is 0 Å². The van der Waals surface area contributed by atoms with Crippen LogP contribution in [0, 0.1) is 0 Å². The second-order valence-electron chi connectivity index (χ2n) is 14.3. The van der Waals surface area contributed by atoms with Crippen molar-refractivity contribution in [3.05, 3.63) is 222 Å². The Labute approximate surface area is 320 Å². The molecule has 2 aliphatic carbocycles. The lowest BCUT2D eigenvalue weighted by Gasteiger charge is -2.30. The van der Waals surface area contributed by atoms with Gasteiger partial charge >= 0.3 is 0 Å². The summed E-state index contributed by atoms with van der Waals surface area (Å²) in [6.45, 7) is 0. The molecule has 3 nitrogen and oxygen atoms in total. The van der Waals surface area contributed by atoms with Crippen LogP contribution in [-0.4, -0.2) is 15.0 Å². The fourth-order valence-electron chi connectivity index (χ4n) is 9.00. The van der Waals surface area contributed by atoms with Crippen LogP contribution in [0.1, 0.15) is 22.3 Å². The van der Waals surface area contributed by atoms with Crippen LogP contribution >= 0.6 is 0 Å². The minimum atomic E-state index is -0.453. The summed E-state index contributed by atoms with van der Waals surface area (Å²) in [4.78, 5) is 15.8. The molecule has 1 aromatic heterocycles. The number of hydrogen-bond acceptors (Lipinski definition) is 3. The van der Waals surface area contributed by atoms with E-state index in [1.54, 1.807) is 0 Å². The third kappa shape index (κ3) is 4.80. The van der Waals surface area contributed by atoms with Gasteiger partial charge in [-0.3, -0.25) is 0 Å². The van der Waals surface area contributed by atoms with Gasteiger partial charge in [-0.25, -0.2) is 15.0 Å². The first-order valence-electron chi connectivity index (χ1n) is 18.8. The molecule has 0 fully saturated rings. The van der Waals surface area contributed by atoms with Gasteiger partial charge in [-0.1, -0.05) is 194 Å². The minimum absolute atomic E-state index is 0.453. The average Bonchev–Trinajstić information content (AvgIpc) is 3.75. The highest BCUT2D eigenvalue weighted by atomic mass is 15.0. The molecule has 1 spiro atoms. The Balaban J connectivity index is 1.15. The van der Waals surface area contributed by atoms with Crippen LogP contribution in [-0.2, 0) is 5.41 Å². The van der Waals surface area contributed by atoms with Gasteiger partial charge < -0.3 is 0 Å². The molecular weight excluding hydrogens is 667 g/mol. The molecule has 0 amide bonds. The van der Waals surface area contributed by atoms with Gasteiger partial charge in [-0.05, 0) is 72.8 Å². The summed E-state index contributed by atoms with van der Waals surface area (Å²) in [5, 5.41) is 0. The summed E-state index contributed by atoms with van der Waals surface area (Å²) >= 11 is 0. The first-order chi connectivity index (χ1) is 27.3. The molecule has 55 heavy (non-hydrogen) atoms. The topological polar surface area (TPSA) is 38.7 Å². The number of rotatable bonds is 5. The maximum Gasteiger partial charge on any atom is 0.164 e. The molecule has 0 saturated carbocycles. The maximum atomic E-state index is 5.33. The van der Waals surface area contributed by atoms with Crippen LogP contribution in [0.5, 0.6) is 0 Å². The van der Waals surface area contributed by atoms with Gasteiger partial charge in [-0.2, -0.15) is 0 Å². The van der Waals surface area contributed by atoms with Crippen molar-refractivity contribution in [3.63, 3.8) is 0 Å². The van der Waals surface area contributed by atoms with E-state index >= 15 is 0 Å². The summed E-state index contributed by atoms with van der Waals surface area (Å²) in [5.74, 6) is 1.93. The van der Waals surface area contributed by atoms with E-state index in [-0.39, 0.29) is 0 Å². The first kappa shape index (κ1) is 31.3. The van der Waals surface area contributed by atoms with E-state index in [1.807, 2.05) is 12.1 Å². The Morgan fingerprint density at radius 3 is 1.31 bits per heavy atom. The summed E-state index contributed by atoms with van der Waals surface area (Å²) < 4.78 is 0. The second-order valence-corrected chi connectivity index (χ2v) is 14.3. The Morgan fingerprint density at radius 1 is 0.255 bits per heavy atom. The summed E-state index contributed by atoms with van der Waals surface area (Å²) in [5.41, 5.74) is 17.1. The zero-order valence-electron chi connectivity index (χ0n) is 29.9. The molecule has 0 bridgehead atoms. The zero-order valence-corrected chi connectivity index (χ0v) is 29.9. The van der Waals surface area contributed by atoms with E-state index in [0.717, 1.165) is 33.4 Å². The molecule has 9 aromatic rings. The van der Waals surface area contributed by atoms with Crippen LogP contribution in [0.15, 0.2) is 200 Å². The van der Waals surface area contributed by atoms with Crippen molar-refractivity contribution < 1.29 is 0 Å². The van der Waals surface area contributed by atoms with Gasteiger partial charge in [0.25, 0.3) is 0 Å². The van der Waals surface area contributed by atoms with Crippen molar-refractivity contribution in [1.82, 2.24) is 15.0 Å². The van der Waals surface area contributed by atoms with E-state index in [4.69, 9.17) is 15.0 Å². The minimum Gasteiger partial charge on any atom is -0.208 e. The molecule has 8 aromatic carbocycles. The number of aromatic nitrogens is 3. The van der Waals surface area contributed by atoms with Gasteiger partial charge in [0.05, 0.1) is 5.41 Å². The smallest absolute Gasteiger partial charge is 0.164 e. The van der Waals surface area contributed by atoms with Crippen LogP contribution in [0.25, 0.3) is 78.7 Å². The lowest BCUT2D eigenvalue weighted by atomic mass is 9.70. The van der Waals surface area contributed by atoms with Crippen molar-refractivity contribution in [3.8, 4) is 78.7 Å². The number of nitrogens with zero attached hydrogens (tertiary/aromatic N) is 3. The third-order valence-corrected chi connectivity index (χ3v) is 11.4. The van der Waals surface area contributed by atoms with Gasteiger partial charge in [0.2, 0.25) is 0 Å². The Bertz CT molecular complexity index is 2870. The Hall–Kier alpha value is -7.23. The van der Waals surface area contributed by atoms with Gasteiger partial charge in [0.1, 0.15) is 0 Å². The molecular formula is C52H33N3. The first-order valence-corrected chi connectivity index (χ1v) is 18.8. The molecule has 0 radical (unpaired) electrons. The molecule has 1 heterocycles. The van der Waals surface area contributed by atoms with Crippen molar-refractivity contribution in [1.29, 1.82) is 0 Å². The number of fused-ring (bicyclic) bond motifs is 10. The number of benzene rings is 8. The zero-order chi connectivity index (χ0) is 36.3. The standard InChI is InChI=1S/C52H33N3/c1-3-15-34(16-4-1)36-29-31-37(32-30-36)49-53-50(39-20-13-19-38(33-39)35-17-5-2-6-18-35)55-51(54-49)43-24-14-28-47-48(43)42-23-9-12-27-46(42)52(47)44-25-10-7-21-40(44)41-22-8-11-26-45(41)52/h1-33H. The molecule has 3 heteroatoms. The van der Waals surface area contributed by atoms with Crippen molar-refractivity contribution >= 4 is 0 Å². The summed E-state index contributed by atoms with van der Waals surface area (Å²) in [7, 11) is 0. The lowest BCUT2D eigenvalue weighted by molar-refractivity contribution is 0.794. The molecule has 0 unspecified atom stereocenters. The molecule has 0 saturated heterocycles. The van der Waals surface area contributed by atoms with Gasteiger partial charge in [0.15, 0.2) is 17.5 Å². The van der Waals surface area contributed by atoms with Gasteiger partial charge in [-0.15, -0.1) is 0 Å². The van der Waals surface area contributed by atoms with Crippen LogP contribution in [0.4, 0.5) is 0 Å². The van der Waals surface area contributed by atoms with Crippen molar-refractivity contribution in [2.75, 3.05) is 0 Å². The quantitative estimate of drug-likeness (QED) is 0.179. The Morgan fingerprint density at radius 2 is 0.655 bits per heavy atom. The molecule has 0 aliphatic heterocycles. The van der Waals surface area contributed by atoms with E-state index in [2.05, 4.69) is 188 Å². The summed E-state index contributed by atoms with van der Waals surface area (Å²) in [6, 6.07) is 71.4. The third-order valence-electron chi connectivity index (χ3n) is 11.4. The molecule has 0 atom stereocenters. The van der Waals surface area contributed by atoms with E-state index in [0.29, 0.717) is 17.5 Å². The second kappa shape index (κ2) is 12.4. The highest BCUT2D eigenvalue weighted by Gasteiger charge is 2.52. The molecule has 0 N–H and O–H groups in total. The van der Waals surface area contributed by atoms with E-state index < -0.39 is 5.41 Å². The van der Waals surface area contributed by atoms with E-state index in [1.165, 1.54) is 50.1 Å². The average molecular weight is 700 g/mol. The van der Waals surface area contributed by atoms with E-state index in [9.17, 15) is 0 Å².